The Morgan fingerprint density at radius 1 is 1.50 bits per heavy atom. The fraction of sp³-hybridized carbons (Fsp3) is 0.818. The lowest BCUT2D eigenvalue weighted by atomic mass is 10.0. The first-order valence-corrected chi connectivity index (χ1v) is 5.61. The van der Waals surface area contributed by atoms with Gasteiger partial charge < -0.3 is 14.8 Å². The van der Waals surface area contributed by atoms with E-state index < -0.39 is 5.60 Å². The van der Waals surface area contributed by atoms with E-state index in [1.165, 1.54) is 6.21 Å². The molecule has 0 aliphatic carbocycles. The van der Waals surface area contributed by atoms with Crippen LogP contribution in [0.25, 0.3) is 0 Å². The molecule has 0 saturated carbocycles. The molecule has 1 aliphatic heterocycles. The minimum Gasteiger partial charge on any atom is -0.444 e. The average molecular weight is 228 g/mol. The molecule has 92 valence electrons. The van der Waals surface area contributed by atoms with Crippen LogP contribution in [0.5, 0.6) is 0 Å². The molecule has 0 aromatic rings. The van der Waals surface area contributed by atoms with Gasteiger partial charge in [-0.1, -0.05) is 5.16 Å². The lowest BCUT2D eigenvalue weighted by Crippen LogP contribution is -2.46. The average Bonchev–Trinajstić information content (AvgIpc) is 2.16. The van der Waals surface area contributed by atoms with Gasteiger partial charge in [0, 0.05) is 6.54 Å². The molecule has 1 heterocycles. The van der Waals surface area contributed by atoms with E-state index in [1.54, 1.807) is 4.90 Å². The number of likely N-dealkylation sites (tertiary alicyclic amines) is 1. The third-order valence-corrected chi connectivity index (χ3v) is 2.42. The Labute approximate surface area is 96.1 Å². The molecule has 1 N–H and O–H groups in total. The summed E-state index contributed by atoms with van der Waals surface area (Å²) >= 11 is 0. The quantitative estimate of drug-likeness (QED) is 0.425. The molecule has 0 spiro atoms. The highest BCUT2D eigenvalue weighted by Gasteiger charge is 2.29. The number of nitrogens with zero attached hydrogens (tertiary/aromatic N) is 2. The van der Waals surface area contributed by atoms with Gasteiger partial charge in [0.15, 0.2) is 0 Å². The van der Waals surface area contributed by atoms with Gasteiger partial charge in [-0.3, -0.25) is 0 Å². The van der Waals surface area contributed by atoms with Gasteiger partial charge >= 0.3 is 6.09 Å². The first kappa shape index (κ1) is 12.8. The Hall–Kier alpha value is -1.26. The van der Waals surface area contributed by atoms with E-state index >= 15 is 0 Å². The molecule has 0 bridgehead atoms. The molecule has 0 radical (unpaired) electrons. The van der Waals surface area contributed by atoms with E-state index in [-0.39, 0.29) is 12.1 Å². The van der Waals surface area contributed by atoms with E-state index in [9.17, 15) is 4.79 Å². The van der Waals surface area contributed by atoms with E-state index in [4.69, 9.17) is 9.94 Å². The Kier molecular flexibility index (Phi) is 4.15. The van der Waals surface area contributed by atoms with Crippen LogP contribution < -0.4 is 0 Å². The molecular formula is C11H20N2O3. The highest BCUT2D eigenvalue weighted by Crippen LogP contribution is 2.19. The molecule has 1 fully saturated rings. The Balaban J connectivity index is 2.64. The molecule has 5 heteroatoms. The van der Waals surface area contributed by atoms with Gasteiger partial charge in [0.2, 0.25) is 0 Å². The molecule has 1 atom stereocenters. The normalized spacial score (nSPS) is 22.4. The second-order valence-corrected chi connectivity index (χ2v) is 5.00. The van der Waals surface area contributed by atoms with Crippen LogP contribution in [0.3, 0.4) is 0 Å². The van der Waals surface area contributed by atoms with Crippen molar-refractivity contribution in [3.63, 3.8) is 0 Å². The molecule has 0 aromatic carbocycles. The van der Waals surface area contributed by atoms with E-state index in [0.29, 0.717) is 6.54 Å². The standard InChI is InChI=1S/C11H20N2O3/c1-11(2,3)16-10(14)13-7-5-4-6-9(13)8-12-15/h8-9,15H,4-7H2,1-3H3/b12-8+/t9-/m1/s1. The monoisotopic (exact) mass is 228 g/mol. The lowest BCUT2D eigenvalue weighted by Gasteiger charge is -2.34. The second kappa shape index (κ2) is 5.18. The van der Waals surface area contributed by atoms with Crippen LogP contribution in [0.15, 0.2) is 5.16 Å². The van der Waals surface area contributed by atoms with Crippen LogP contribution in [0, 0.1) is 0 Å². The predicted octanol–water partition coefficient (Wildman–Crippen LogP) is 2.24. The Morgan fingerprint density at radius 2 is 2.19 bits per heavy atom. The van der Waals surface area contributed by atoms with Crippen molar-refractivity contribution in [2.45, 2.75) is 51.7 Å². The summed E-state index contributed by atoms with van der Waals surface area (Å²) in [6.45, 7) is 6.17. The number of amides is 1. The fourth-order valence-corrected chi connectivity index (χ4v) is 1.74. The number of carbonyl (C=O) groups excluding carboxylic acids is 1. The minimum absolute atomic E-state index is 0.145. The SMILES string of the molecule is CC(C)(C)OC(=O)N1CCCC[C@@H]1/C=N/O. The van der Waals surface area contributed by atoms with Crippen molar-refractivity contribution in [3.05, 3.63) is 0 Å². The van der Waals surface area contributed by atoms with Gasteiger partial charge in [-0.15, -0.1) is 0 Å². The van der Waals surface area contributed by atoms with Crippen molar-refractivity contribution >= 4 is 12.3 Å². The number of rotatable bonds is 1. The maximum atomic E-state index is 11.9. The number of carbonyl (C=O) groups is 1. The summed E-state index contributed by atoms with van der Waals surface area (Å²) in [5.74, 6) is 0. The largest absolute Gasteiger partial charge is 0.444 e. The summed E-state index contributed by atoms with van der Waals surface area (Å²) in [7, 11) is 0. The Morgan fingerprint density at radius 3 is 2.75 bits per heavy atom. The van der Waals surface area contributed by atoms with Gasteiger partial charge in [0.05, 0.1) is 12.3 Å². The molecule has 1 rings (SSSR count). The maximum Gasteiger partial charge on any atom is 0.410 e. The summed E-state index contributed by atoms with van der Waals surface area (Å²) < 4.78 is 5.30. The van der Waals surface area contributed by atoms with Gasteiger partial charge in [-0.25, -0.2) is 4.79 Å². The van der Waals surface area contributed by atoms with Crippen LogP contribution in [-0.2, 0) is 4.74 Å². The topological polar surface area (TPSA) is 62.1 Å². The maximum absolute atomic E-state index is 11.9. The van der Waals surface area contributed by atoms with Gasteiger partial charge in [0.1, 0.15) is 5.60 Å². The fourth-order valence-electron chi connectivity index (χ4n) is 1.74. The zero-order chi connectivity index (χ0) is 12.2. The van der Waals surface area contributed by atoms with Crippen LogP contribution in [-0.4, -0.2) is 40.6 Å². The van der Waals surface area contributed by atoms with Gasteiger partial charge in [-0.05, 0) is 40.0 Å². The number of piperidine rings is 1. The number of oxime groups is 1. The smallest absolute Gasteiger partial charge is 0.410 e. The molecule has 16 heavy (non-hydrogen) atoms. The van der Waals surface area contributed by atoms with Crippen molar-refractivity contribution in [2.75, 3.05) is 6.54 Å². The second-order valence-electron chi connectivity index (χ2n) is 5.00. The van der Waals surface area contributed by atoms with E-state index in [2.05, 4.69) is 5.16 Å². The predicted molar refractivity (Wildman–Crippen MR) is 60.9 cm³/mol. The van der Waals surface area contributed by atoms with Gasteiger partial charge in [-0.2, -0.15) is 0 Å². The van der Waals surface area contributed by atoms with Crippen molar-refractivity contribution in [2.24, 2.45) is 5.16 Å². The minimum atomic E-state index is -0.491. The first-order chi connectivity index (χ1) is 7.44. The van der Waals surface area contributed by atoms with Crippen molar-refractivity contribution < 1.29 is 14.7 Å². The number of ether oxygens (including phenoxy) is 1. The summed E-state index contributed by atoms with van der Waals surface area (Å²) in [6.07, 6.45) is 3.88. The van der Waals surface area contributed by atoms with Crippen LogP contribution in [0.4, 0.5) is 4.79 Å². The van der Waals surface area contributed by atoms with Crippen LogP contribution in [0.1, 0.15) is 40.0 Å². The lowest BCUT2D eigenvalue weighted by molar-refractivity contribution is 0.0169. The summed E-state index contributed by atoms with van der Waals surface area (Å²) in [6, 6.07) is -0.145. The molecule has 0 unspecified atom stereocenters. The highest BCUT2D eigenvalue weighted by molar-refractivity contribution is 5.75. The Bertz CT molecular complexity index is 271. The third kappa shape index (κ3) is 3.72. The zero-order valence-corrected chi connectivity index (χ0v) is 10.1. The highest BCUT2D eigenvalue weighted by atomic mass is 16.6. The third-order valence-electron chi connectivity index (χ3n) is 2.42. The summed E-state index contributed by atoms with van der Waals surface area (Å²) in [5, 5.41) is 11.6. The van der Waals surface area contributed by atoms with Crippen LogP contribution >= 0.6 is 0 Å². The number of hydrogen-bond acceptors (Lipinski definition) is 4. The summed E-state index contributed by atoms with van der Waals surface area (Å²) in [4.78, 5) is 13.5. The zero-order valence-electron chi connectivity index (χ0n) is 10.1. The van der Waals surface area contributed by atoms with E-state index in [1.807, 2.05) is 20.8 Å². The molecular weight excluding hydrogens is 208 g/mol. The molecule has 1 saturated heterocycles. The number of hydrogen-bond donors (Lipinski definition) is 1. The van der Waals surface area contributed by atoms with Crippen molar-refractivity contribution in [3.8, 4) is 0 Å². The van der Waals surface area contributed by atoms with Crippen molar-refractivity contribution in [1.29, 1.82) is 0 Å². The molecule has 0 aromatic heterocycles. The van der Waals surface area contributed by atoms with Crippen molar-refractivity contribution in [1.82, 2.24) is 4.90 Å². The molecule has 1 amide bonds. The van der Waals surface area contributed by atoms with Crippen LogP contribution in [0.2, 0.25) is 0 Å². The first-order valence-electron chi connectivity index (χ1n) is 5.61. The van der Waals surface area contributed by atoms with E-state index in [0.717, 1.165) is 19.3 Å². The molecule has 5 nitrogen and oxygen atoms in total. The summed E-state index contributed by atoms with van der Waals surface area (Å²) in [5.41, 5.74) is -0.491. The molecule has 1 aliphatic rings. The van der Waals surface area contributed by atoms with Gasteiger partial charge in [0.25, 0.3) is 0 Å².